The molecular formula is C21H27F3O3SSi. The van der Waals surface area contributed by atoms with Crippen LogP contribution < -0.4 is 5.19 Å². The van der Waals surface area contributed by atoms with E-state index in [0.29, 0.717) is 11.2 Å². The molecule has 2 aromatic rings. The molecule has 0 saturated carbocycles. The van der Waals surface area contributed by atoms with E-state index >= 15 is 0 Å². The van der Waals surface area contributed by atoms with Gasteiger partial charge in [-0.3, -0.25) is 4.18 Å². The van der Waals surface area contributed by atoms with Gasteiger partial charge in [-0.25, -0.2) is 0 Å². The molecule has 0 aromatic heterocycles. The summed E-state index contributed by atoms with van der Waals surface area (Å²) in [5, 5.41) is 0.682. The van der Waals surface area contributed by atoms with Crippen molar-refractivity contribution in [3.8, 4) is 0 Å². The first-order valence-corrected chi connectivity index (χ1v) is 13.9. The average Bonchev–Trinajstić information content (AvgIpc) is 2.59. The van der Waals surface area contributed by atoms with Gasteiger partial charge in [0.15, 0.2) is 0 Å². The third-order valence-corrected chi connectivity index (χ3v) is 9.80. The van der Waals surface area contributed by atoms with Gasteiger partial charge in [0.2, 0.25) is 0 Å². The molecule has 0 amide bonds. The third kappa shape index (κ3) is 6.42. The Morgan fingerprint density at radius 2 is 1.59 bits per heavy atom. The number of rotatable bonds is 7. The Hall–Kier alpha value is -1.64. The number of hydrogen-bond acceptors (Lipinski definition) is 3. The predicted molar refractivity (Wildman–Crippen MR) is 111 cm³/mol. The van der Waals surface area contributed by atoms with Gasteiger partial charge < -0.3 is 0 Å². The van der Waals surface area contributed by atoms with Crippen LogP contribution in [-0.4, -0.2) is 23.1 Å². The first-order valence-electron chi connectivity index (χ1n) is 9.26. The molecule has 2 rings (SSSR count). The van der Waals surface area contributed by atoms with Gasteiger partial charge >= 0.3 is 6.18 Å². The molecule has 0 aliphatic rings. The molecule has 0 N–H and O–H groups in total. The van der Waals surface area contributed by atoms with Crippen molar-refractivity contribution in [3.05, 3.63) is 59.7 Å². The SMILES string of the molecule is Cc1ccc(S(=O)(=O)OCC(C)(C)C[Si](C)(C)c2cccc(C(F)(F)F)c2)cc1. The molecule has 0 aliphatic heterocycles. The normalized spacial score (nSPS) is 13.5. The standard InChI is InChI=1S/C21H27F3O3SSi/c1-16-9-11-18(12-10-16)28(25,26)27-14-20(2,3)15-29(4,5)19-8-6-7-17(13-19)21(22,23)24/h6-13H,14-15H2,1-5H3. The van der Waals surface area contributed by atoms with Crippen LogP contribution in [0.2, 0.25) is 19.1 Å². The summed E-state index contributed by atoms with van der Waals surface area (Å²) >= 11 is 0. The maximum Gasteiger partial charge on any atom is 0.416 e. The second-order valence-electron chi connectivity index (χ2n) is 8.83. The number of alkyl halides is 3. The molecule has 2 aromatic carbocycles. The zero-order valence-electron chi connectivity index (χ0n) is 17.3. The molecule has 0 bridgehead atoms. The minimum absolute atomic E-state index is 0.0431. The molecule has 8 heteroatoms. The van der Waals surface area contributed by atoms with Gasteiger partial charge in [-0.15, -0.1) is 0 Å². The third-order valence-electron chi connectivity index (χ3n) is 4.81. The molecule has 0 fully saturated rings. The van der Waals surface area contributed by atoms with Gasteiger partial charge in [0.05, 0.1) is 25.1 Å². The summed E-state index contributed by atoms with van der Waals surface area (Å²) in [5.41, 5.74) is -0.244. The molecule has 0 atom stereocenters. The molecule has 0 radical (unpaired) electrons. The number of aryl methyl sites for hydroxylation is 1. The molecule has 0 saturated heterocycles. The zero-order valence-corrected chi connectivity index (χ0v) is 19.1. The Bertz CT molecular complexity index is 950. The molecule has 0 aliphatic carbocycles. The Balaban J connectivity index is 2.14. The summed E-state index contributed by atoms with van der Waals surface area (Å²) in [5.74, 6) is 0. The van der Waals surface area contributed by atoms with Crippen molar-refractivity contribution in [2.75, 3.05) is 6.61 Å². The van der Waals surface area contributed by atoms with E-state index in [0.717, 1.165) is 11.6 Å². The van der Waals surface area contributed by atoms with Gasteiger partial charge in [0, 0.05) is 0 Å². The van der Waals surface area contributed by atoms with Crippen molar-refractivity contribution in [2.24, 2.45) is 5.41 Å². The monoisotopic (exact) mass is 444 g/mol. The van der Waals surface area contributed by atoms with E-state index in [-0.39, 0.29) is 11.5 Å². The fourth-order valence-electron chi connectivity index (χ4n) is 3.48. The summed E-state index contributed by atoms with van der Waals surface area (Å²) in [6.07, 6.45) is -4.39. The van der Waals surface area contributed by atoms with Crippen LogP contribution in [-0.2, 0) is 20.5 Å². The lowest BCUT2D eigenvalue weighted by atomic mass is 9.98. The first-order chi connectivity index (χ1) is 13.1. The first kappa shape index (κ1) is 23.6. The van der Waals surface area contributed by atoms with Crippen molar-refractivity contribution in [1.82, 2.24) is 0 Å². The Morgan fingerprint density at radius 3 is 2.14 bits per heavy atom. The van der Waals surface area contributed by atoms with Crippen LogP contribution >= 0.6 is 0 Å². The highest BCUT2D eigenvalue weighted by molar-refractivity contribution is 7.86. The van der Waals surface area contributed by atoms with Crippen molar-refractivity contribution in [2.45, 2.75) is 51.0 Å². The topological polar surface area (TPSA) is 43.4 Å². The van der Waals surface area contributed by atoms with Gasteiger partial charge in [-0.1, -0.05) is 74.1 Å². The van der Waals surface area contributed by atoms with Gasteiger partial charge in [0.1, 0.15) is 0 Å². The van der Waals surface area contributed by atoms with E-state index in [1.807, 2.05) is 33.9 Å². The quantitative estimate of drug-likeness (QED) is 0.426. The van der Waals surface area contributed by atoms with E-state index in [1.54, 1.807) is 18.2 Å². The maximum absolute atomic E-state index is 13.1. The fourth-order valence-corrected chi connectivity index (χ4v) is 8.35. The predicted octanol–water partition coefficient (Wildman–Crippen LogP) is 5.36. The summed E-state index contributed by atoms with van der Waals surface area (Å²) < 4.78 is 69.4. The zero-order chi connectivity index (χ0) is 22.1. The average molecular weight is 445 g/mol. The van der Waals surface area contributed by atoms with Crippen molar-refractivity contribution < 1.29 is 25.8 Å². The molecule has 0 unspecified atom stereocenters. The highest BCUT2D eigenvalue weighted by atomic mass is 32.2. The molecular weight excluding hydrogens is 417 g/mol. The van der Waals surface area contributed by atoms with Crippen LogP contribution in [0.15, 0.2) is 53.4 Å². The summed E-state index contributed by atoms with van der Waals surface area (Å²) in [4.78, 5) is 0.0910. The van der Waals surface area contributed by atoms with Gasteiger partial charge in [-0.05, 0) is 30.5 Å². The largest absolute Gasteiger partial charge is 0.416 e. The minimum Gasteiger partial charge on any atom is -0.266 e. The molecule has 29 heavy (non-hydrogen) atoms. The molecule has 0 spiro atoms. The van der Waals surface area contributed by atoms with Gasteiger partial charge in [-0.2, -0.15) is 21.6 Å². The number of hydrogen-bond donors (Lipinski definition) is 0. The highest BCUT2D eigenvalue weighted by Gasteiger charge is 2.36. The second-order valence-corrected chi connectivity index (χ2v) is 15.1. The Morgan fingerprint density at radius 1 is 1.00 bits per heavy atom. The van der Waals surface area contributed by atoms with E-state index in [1.165, 1.54) is 24.3 Å². The lowest BCUT2D eigenvalue weighted by molar-refractivity contribution is -0.137. The van der Waals surface area contributed by atoms with E-state index in [4.69, 9.17) is 4.18 Å². The number of benzene rings is 2. The second kappa shape index (κ2) is 8.24. The summed E-state index contributed by atoms with van der Waals surface area (Å²) in [6, 6.07) is 12.4. The van der Waals surface area contributed by atoms with Gasteiger partial charge in [0.25, 0.3) is 10.1 Å². The van der Waals surface area contributed by atoms with E-state index in [9.17, 15) is 21.6 Å². The smallest absolute Gasteiger partial charge is 0.266 e. The van der Waals surface area contributed by atoms with E-state index < -0.39 is 35.3 Å². The van der Waals surface area contributed by atoms with E-state index in [2.05, 4.69) is 0 Å². The lowest BCUT2D eigenvalue weighted by Crippen LogP contribution is -2.46. The van der Waals surface area contributed by atoms with Crippen LogP contribution in [0.4, 0.5) is 13.2 Å². The Labute approximate surface area is 172 Å². The van der Waals surface area contributed by atoms with Crippen LogP contribution in [0.25, 0.3) is 0 Å². The van der Waals surface area contributed by atoms with Crippen LogP contribution in [0.3, 0.4) is 0 Å². The summed E-state index contributed by atoms with van der Waals surface area (Å²) in [6.45, 7) is 9.54. The minimum atomic E-state index is -4.39. The van der Waals surface area contributed by atoms with Crippen molar-refractivity contribution in [3.63, 3.8) is 0 Å². The number of halogens is 3. The summed E-state index contributed by atoms with van der Waals surface area (Å²) in [7, 11) is -6.17. The van der Waals surface area contributed by atoms with Crippen LogP contribution in [0.1, 0.15) is 25.0 Å². The lowest BCUT2D eigenvalue weighted by Gasteiger charge is -2.34. The Kier molecular flexibility index (Phi) is 6.71. The molecule has 3 nitrogen and oxygen atoms in total. The molecule has 160 valence electrons. The highest BCUT2D eigenvalue weighted by Crippen LogP contribution is 2.32. The van der Waals surface area contributed by atoms with Crippen LogP contribution in [0, 0.1) is 12.3 Å². The van der Waals surface area contributed by atoms with Crippen molar-refractivity contribution in [1.29, 1.82) is 0 Å². The maximum atomic E-state index is 13.1. The van der Waals surface area contributed by atoms with Crippen molar-refractivity contribution >= 4 is 23.4 Å². The molecule has 0 heterocycles. The fraction of sp³-hybridized carbons (Fsp3) is 0.429. The van der Waals surface area contributed by atoms with Crippen LogP contribution in [0.5, 0.6) is 0 Å².